The zero-order valence-corrected chi connectivity index (χ0v) is 18.1. The van der Waals surface area contributed by atoms with E-state index in [4.69, 9.17) is 9.47 Å². The molecule has 0 bridgehead atoms. The normalized spacial score (nSPS) is 20.6. The minimum Gasteiger partial charge on any atom is -0.495 e. The Kier molecular flexibility index (Phi) is 7.15. The first-order valence-corrected chi connectivity index (χ1v) is 11.6. The van der Waals surface area contributed by atoms with Crippen LogP contribution in [0.5, 0.6) is 5.75 Å². The summed E-state index contributed by atoms with van der Waals surface area (Å²) in [4.78, 5) is 14.9. The van der Waals surface area contributed by atoms with Crippen LogP contribution in [0.1, 0.15) is 37.0 Å². The number of hydrogen-bond acceptors (Lipinski definition) is 6. The number of hydrogen-bond donors (Lipinski definition) is 2. The number of morpholine rings is 1. The van der Waals surface area contributed by atoms with Crippen molar-refractivity contribution in [3.63, 3.8) is 0 Å². The molecule has 1 saturated heterocycles. The third-order valence-corrected chi connectivity index (χ3v) is 6.49. The minimum atomic E-state index is -3.74. The number of sulfonamides is 1. The largest absolute Gasteiger partial charge is 0.495 e. The summed E-state index contributed by atoms with van der Waals surface area (Å²) in [6.45, 7) is 8.05. The van der Waals surface area contributed by atoms with Crippen LogP contribution < -0.4 is 14.8 Å². The molecule has 1 aliphatic carbocycles. The molecule has 29 heavy (non-hydrogen) atoms. The molecule has 1 atom stereocenters. The van der Waals surface area contributed by atoms with E-state index in [0.29, 0.717) is 19.1 Å². The predicted octanol–water partition coefficient (Wildman–Crippen LogP) is 1.22. The Hall–Kier alpha value is -1.68. The van der Waals surface area contributed by atoms with Crippen LogP contribution in [0, 0.1) is 5.92 Å². The van der Waals surface area contributed by atoms with Gasteiger partial charge < -0.3 is 14.8 Å². The van der Waals surface area contributed by atoms with Crippen molar-refractivity contribution in [2.24, 2.45) is 5.92 Å². The monoisotopic (exact) mass is 425 g/mol. The lowest BCUT2D eigenvalue weighted by molar-refractivity contribution is -0.0295. The van der Waals surface area contributed by atoms with Crippen molar-refractivity contribution >= 4 is 15.9 Å². The van der Waals surface area contributed by atoms with E-state index in [1.807, 2.05) is 0 Å². The van der Waals surface area contributed by atoms with E-state index in [9.17, 15) is 13.2 Å². The molecule has 2 N–H and O–H groups in total. The van der Waals surface area contributed by atoms with Crippen LogP contribution in [-0.2, 0) is 14.8 Å². The summed E-state index contributed by atoms with van der Waals surface area (Å²) in [6, 6.07) is 4.42. The summed E-state index contributed by atoms with van der Waals surface area (Å²) >= 11 is 0. The zero-order chi connectivity index (χ0) is 21.0. The number of amides is 1. The third-order valence-electron chi connectivity index (χ3n) is 4.95. The molecule has 2 fully saturated rings. The molecule has 0 radical (unpaired) electrons. The second-order valence-electron chi connectivity index (χ2n) is 8.12. The van der Waals surface area contributed by atoms with E-state index < -0.39 is 10.0 Å². The Morgan fingerprint density at radius 3 is 2.76 bits per heavy atom. The topological polar surface area (TPSA) is 97.0 Å². The van der Waals surface area contributed by atoms with Crippen molar-refractivity contribution < 1.29 is 22.7 Å². The summed E-state index contributed by atoms with van der Waals surface area (Å²) < 4.78 is 38.8. The molecule has 1 heterocycles. The van der Waals surface area contributed by atoms with Gasteiger partial charge in [0.05, 0.1) is 19.8 Å². The van der Waals surface area contributed by atoms with E-state index in [1.54, 1.807) is 6.07 Å². The molecule has 1 saturated carbocycles. The van der Waals surface area contributed by atoms with Crippen LogP contribution in [-0.4, -0.2) is 71.3 Å². The summed E-state index contributed by atoms with van der Waals surface area (Å²) in [6.07, 6.45) is 1.58. The van der Waals surface area contributed by atoms with Crippen molar-refractivity contribution in [2.75, 3.05) is 39.9 Å². The van der Waals surface area contributed by atoms with Gasteiger partial charge in [0.25, 0.3) is 5.91 Å². The van der Waals surface area contributed by atoms with Crippen LogP contribution in [0.2, 0.25) is 0 Å². The molecule has 1 unspecified atom stereocenters. The Morgan fingerprint density at radius 1 is 1.34 bits per heavy atom. The zero-order valence-electron chi connectivity index (χ0n) is 17.3. The highest BCUT2D eigenvalue weighted by molar-refractivity contribution is 7.89. The average Bonchev–Trinajstić information content (AvgIpc) is 3.48. The van der Waals surface area contributed by atoms with Crippen molar-refractivity contribution in [2.45, 2.75) is 43.7 Å². The van der Waals surface area contributed by atoms with Crippen molar-refractivity contribution in [1.29, 1.82) is 0 Å². The number of methoxy groups -OCH3 is 1. The molecule has 0 spiro atoms. The van der Waals surface area contributed by atoms with Crippen LogP contribution in [0.4, 0.5) is 0 Å². The molecular weight excluding hydrogens is 394 g/mol. The first-order valence-electron chi connectivity index (χ1n) is 10.1. The molecular formula is C20H31N3O5S. The highest BCUT2D eigenvalue weighted by Crippen LogP contribution is 2.28. The van der Waals surface area contributed by atoms with Gasteiger partial charge in [-0.2, -0.15) is 0 Å². The van der Waals surface area contributed by atoms with E-state index in [1.165, 1.54) is 19.2 Å². The van der Waals surface area contributed by atoms with E-state index >= 15 is 0 Å². The smallest absolute Gasteiger partial charge is 0.251 e. The maximum Gasteiger partial charge on any atom is 0.251 e. The van der Waals surface area contributed by atoms with Crippen molar-refractivity contribution in [3.8, 4) is 5.75 Å². The maximum atomic E-state index is 12.6. The lowest BCUT2D eigenvalue weighted by Gasteiger charge is -2.33. The van der Waals surface area contributed by atoms with Crippen LogP contribution >= 0.6 is 0 Å². The minimum absolute atomic E-state index is 0.0171. The van der Waals surface area contributed by atoms with Gasteiger partial charge in [-0.3, -0.25) is 9.69 Å². The number of carbonyl (C=O) groups excluding carboxylic acids is 1. The maximum absolute atomic E-state index is 12.6. The lowest BCUT2D eigenvalue weighted by Crippen LogP contribution is -2.48. The summed E-state index contributed by atoms with van der Waals surface area (Å²) in [5.74, 6) is 0.460. The van der Waals surface area contributed by atoms with Crippen LogP contribution in [0.3, 0.4) is 0 Å². The number of benzene rings is 1. The lowest BCUT2D eigenvalue weighted by atomic mass is 10.1. The first kappa shape index (κ1) is 22.0. The van der Waals surface area contributed by atoms with Crippen molar-refractivity contribution in [1.82, 2.24) is 14.9 Å². The summed E-state index contributed by atoms with van der Waals surface area (Å²) in [7, 11) is -2.33. The van der Waals surface area contributed by atoms with Gasteiger partial charge in [0, 0.05) is 37.8 Å². The van der Waals surface area contributed by atoms with Gasteiger partial charge in [0.15, 0.2) is 0 Å². The molecule has 8 nitrogen and oxygen atoms in total. The average molecular weight is 426 g/mol. The fraction of sp³-hybridized carbons (Fsp3) is 0.650. The molecule has 3 rings (SSSR count). The molecule has 1 aromatic rings. The Labute approximate surface area is 173 Å². The Morgan fingerprint density at radius 2 is 2.10 bits per heavy atom. The standard InChI is InChI=1S/C20H31N3O5S/c1-14(2)12-23-8-9-28-17(13-23)11-21-20(24)15-4-7-18(27-3)19(10-15)29(25,26)22-16-5-6-16/h4,7,10,14,16-17,22H,5-6,8-9,11-13H2,1-3H3,(H,21,24). The van der Waals surface area contributed by atoms with Gasteiger partial charge in [0.2, 0.25) is 10.0 Å². The van der Waals surface area contributed by atoms with Gasteiger partial charge in [0.1, 0.15) is 10.6 Å². The number of nitrogens with one attached hydrogen (secondary N) is 2. The molecule has 0 aromatic heterocycles. The Bertz CT molecular complexity index is 823. The van der Waals surface area contributed by atoms with Gasteiger partial charge in [-0.1, -0.05) is 13.8 Å². The molecule has 162 valence electrons. The number of ether oxygens (including phenoxy) is 2. The fourth-order valence-corrected chi connectivity index (χ4v) is 4.91. The molecule has 1 aliphatic heterocycles. The second-order valence-corrected chi connectivity index (χ2v) is 9.80. The highest BCUT2D eigenvalue weighted by atomic mass is 32.2. The van der Waals surface area contributed by atoms with E-state index in [0.717, 1.165) is 32.5 Å². The highest BCUT2D eigenvalue weighted by Gasteiger charge is 2.30. The third kappa shape index (κ3) is 6.15. The SMILES string of the molecule is COc1ccc(C(=O)NCC2CN(CC(C)C)CCO2)cc1S(=O)(=O)NC1CC1. The number of carbonyl (C=O) groups is 1. The van der Waals surface area contributed by atoms with Gasteiger partial charge in [-0.25, -0.2) is 13.1 Å². The fourth-order valence-electron chi connectivity index (χ4n) is 3.41. The van der Waals surface area contributed by atoms with E-state index in [2.05, 4.69) is 28.8 Å². The molecule has 1 amide bonds. The number of nitrogens with zero attached hydrogens (tertiary/aromatic N) is 1. The quantitative estimate of drug-likeness (QED) is 0.618. The molecule has 9 heteroatoms. The second kappa shape index (κ2) is 9.42. The molecule has 2 aliphatic rings. The summed E-state index contributed by atoms with van der Waals surface area (Å²) in [5, 5.41) is 2.87. The predicted molar refractivity (Wildman–Crippen MR) is 110 cm³/mol. The van der Waals surface area contributed by atoms with Crippen molar-refractivity contribution in [3.05, 3.63) is 23.8 Å². The van der Waals surface area contributed by atoms with Gasteiger partial charge in [-0.15, -0.1) is 0 Å². The van der Waals surface area contributed by atoms with Crippen LogP contribution in [0.15, 0.2) is 23.1 Å². The Balaban J connectivity index is 1.64. The van der Waals surface area contributed by atoms with Gasteiger partial charge in [-0.05, 0) is 37.0 Å². The number of rotatable bonds is 9. The van der Waals surface area contributed by atoms with Gasteiger partial charge >= 0.3 is 0 Å². The molecule has 1 aromatic carbocycles. The van der Waals surface area contributed by atoms with Crippen LogP contribution in [0.25, 0.3) is 0 Å². The first-order chi connectivity index (χ1) is 13.8. The summed E-state index contributed by atoms with van der Waals surface area (Å²) in [5.41, 5.74) is 0.275. The van der Waals surface area contributed by atoms with E-state index in [-0.39, 0.29) is 34.3 Å².